The Morgan fingerprint density at radius 1 is 1.32 bits per heavy atom. The van der Waals surface area contributed by atoms with E-state index in [2.05, 4.69) is 0 Å². The molecule has 1 aromatic rings. The van der Waals surface area contributed by atoms with E-state index in [1.54, 1.807) is 12.1 Å². The molecule has 100 valence electrons. The van der Waals surface area contributed by atoms with Crippen molar-refractivity contribution in [3.63, 3.8) is 0 Å². The highest BCUT2D eigenvalue weighted by molar-refractivity contribution is 6.31. The number of ketones is 1. The van der Waals surface area contributed by atoms with Gasteiger partial charge in [0.15, 0.2) is 5.78 Å². The second-order valence-corrected chi connectivity index (χ2v) is 5.78. The van der Waals surface area contributed by atoms with Crippen molar-refractivity contribution in [2.24, 2.45) is 0 Å². The summed E-state index contributed by atoms with van der Waals surface area (Å²) < 4.78 is 0. The maximum atomic E-state index is 12.2. The third-order valence-corrected chi connectivity index (χ3v) is 4.30. The van der Waals surface area contributed by atoms with E-state index in [0.717, 1.165) is 31.5 Å². The van der Waals surface area contributed by atoms with Gasteiger partial charge in [0.05, 0.1) is 0 Å². The smallest absolute Gasteiger partial charge is 0.223 e. The molecule has 0 spiro atoms. The van der Waals surface area contributed by atoms with E-state index in [-0.39, 0.29) is 17.6 Å². The van der Waals surface area contributed by atoms with Crippen molar-refractivity contribution in [1.82, 2.24) is 4.90 Å². The van der Waals surface area contributed by atoms with Crippen LogP contribution in [0.2, 0.25) is 5.02 Å². The van der Waals surface area contributed by atoms with Crippen LogP contribution in [0.1, 0.15) is 47.5 Å². The molecule has 1 aliphatic heterocycles. The first-order chi connectivity index (χ1) is 9.15. The molecule has 0 aromatic heterocycles. The Labute approximate surface area is 117 Å². The number of nitrogens with zero attached hydrogens (tertiary/aromatic N) is 1. The molecule has 0 N–H and O–H groups in total. The van der Waals surface area contributed by atoms with E-state index in [0.29, 0.717) is 23.4 Å². The SMILES string of the molecule is O=C1CC(CC(=O)N2CCCC2)c2ccc(Cl)cc21. The van der Waals surface area contributed by atoms with E-state index < -0.39 is 0 Å². The quantitative estimate of drug-likeness (QED) is 0.833. The summed E-state index contributed by atoms with van der Waals surface area (Å²) >= 11 is 5.92. The first kappa shape index (κ1) is 12.7. The second-order valence-electron chi connectivity index (χ2n) is 5.35. The van der Waals surface area contributed by atoms with Gasteiger partial charge in [-0.3, -0.25) is 9.59 Å². The fourth-order valence-electron chi connectivity index (χ4n) is 3.06. The maximum absolute atomic E-state index is 12.2. The third kappa shape index (κ3) is 2.39. The molecule has 1 aliphatic carbocycles. The Bertz CT molecular complexity index is 535. The van der Waals surface area contributed by atoms with Gasteiger partial charge in [-0.25, -0.2) is 0 Å². The summed E-state index contributed by atoms with van der Waals surface area (Å²) in [5.74, 6) is 0.322. The van der Waals surface area contributed by atoms with Crippen molar-refractivity contribution >= 4 is 23.3 Å². The average Bonchev–Trinajstić information content (AvgIpc) is 2.99. The van der Waals surface area contributed by atoms with Gasteiger partial charge in [-0.05, 0) is 30.5 Å². The molecule has 0 saturated carbocycles. The Morgan fingerprint density at radius 2 is 2.05 bits per heavy atom. The van der Waals surface area contributed by atoms with E-state index in [9.17, 15) is 9.59 Å². The summed E-state index contributed by atoms with van der Waals surface area (Å²) in [5.41, 5.74) is 1.69. The van der Waals surface area contributed by atoms with Crippen LogP contribution >= 0.6 is 11.6 Å². The summed E-state index contributed by atoms with van der Waals surface area (Å²) in [4.78, 5) is 26.0. The van der Waals surface area contributed by atoms with Crippen LogP contribution in [-0.4, -0.2) is 29.7 Å². The molecule has 2 aliphatic rings. The first-order valence-corrected chi connectivity index (χ1v) is 7.13. The molecule has 1 amide bonds. The van der Waals surface area contributed by atoms with Gasteiger partial charge in [-0.2, -0.15) is 0 Å². The molecular formula is C15H16ClNO2. The van der Waals surface area contributed by atoms with Crippen LogP contribution in [-0.2, 0) is 4.79 Å². The minimum absolute atomic E-state index is 0.0351. The van der Waals surface area contributed by atoms with Crippen molar-refractivity contribution in [2.45, 2.75) is 31.6 Å². The molecule has 1 atom stereocenters. The van der Waals surface area contributed by atoms with Gasteiger partial charge in [0.25, 0.3) is 0 Å². The van der Waals surface area contributed by atoms with Crippen LogP contribution in [0.5, 0.6) is 0 Å². The van der Waals surface area contributed by atoms with Crippen molar-refractivity contribution in [3.8, 4) is 0 Å². The molecule has 1 unspecified atom stereocenters. The van der Waals surface area contributed by atoms with Gasteiger partial charge >= 0.3 is 0 Å². The summed E-state index contributed by atoms with van der Waals surface area (Å²) in [7, 11) is 0. The van der Waals surface area contributed by atoms with Gasteiger partial charge in [0, 0.05) is 42.4 Å². The number of carbonyl (C=O) groups excluding carboxylic acids is 2. The number of hydrogen-bond donors (Lipinski definition) is 0. The van der Waals surface area contributed by atoms with Gasteiger partial charge in [-0.15, -0.1) is 0 Å². The molecule has 1 fully saturated rings. The van der Waals surface area contributed by atoms with Crippen LogP contribution in [0, 0.1) is 0 Å². The zero-order valence-electron chi connectivity index (χ0n) is 10.7. The molecule has 3 rings (SSSR count). The number of amides is 1. The van der Waals surface area contributed by atoms with Crippen molar-refractivity contribution in [1.29, 1.82) is 0 Å². The highest BCUT2D eigenvalue weighted by atomic mass is 35.5. The zero-order chi connectivity index (χ0) is 13.4. The topological polar surface area (TPSA) is 37.4 Å². The van der Waals surface area contributed by atoms with E-state index in [1.165, 1.54) is 0 Å². The van der Waals surface area contributed by atoms with Crippen molar-refractivity contribution in [2.75, 3.05) is 13.1 Å². The Balaban J connectivity index is 1.77. The lowest BCUT2D eigenvalue weighted by molar-refractivity contribution is -0.130. The molecular weight excluding hydrogens is 262 g/mol. The molecule has 0 bridgehead atoms. The van der Waals surface area contributed by atoms with Crippen LogP contribution in [0.3, 0.4) is 0 Å². The van der Waals surface area contributed by atoms with E-state index in [4.69, 9.17) is 11.6 Å². The monoisotopic (exact) mass is 277 g/mol. The standard InChI is InChI=1S/C15H16ClNO2/c16-11-3-4-12-10(7-14(18)13(12)9-11)8-15(19)17-5-1-2-6-17/h3-4,9-10H,1-2,5-8H2. The number of Topliss-reactive ketones (excluding diaryl/α,β-unsaturated/α-hetero) is 1. The highest BCUT2D eigenvalue weighted by Gasteiger charge is 2.32. The third-order valence-electron chi connectivity index (χ3n) is 4.07. The minimum Gasteiger partial charge on any atom is -0.343 e. The van der Waals surface area contributed by atoms with Crippen LogP contribution in [0.15, 0.2) is 18.2 Å². The number of fused-ring (bicyclic) bond motifs is 1. The molecule has 0 radical (unpaired) electrons. The van der Waals surface area contributed by atoms with Crippen molar-refractivity contribution < 1.29 is 9.59 Å². The molecule has 4 heteroatoms. The van der Waals surface area contributed by atoms with E-state index in [1.807, 2.05) is 11.0 Å². The largest absolute Gasteiger partial charge is 0.343 e. The molecule has 1 saturated heterocycles. The zero-order valence-corrected chi connectivity index (χ0v) is 11.4. The summed E-state index contributed by atoms with van der Waals surface area (Å²) in [6.07, 6.45) is 3.08. The average molecular weight is 278 g/mol. The summed E-state index contributed by atoms with van der Waals surface area (Å²) in [6.45, 7) is 1.74. The number of likely N-dealkylation sites (tertiary alicyclic amines) is 1. The fraction of sp³-hybridized carbons (Fsp3) is 0.467. The minimum atomic E-state index is 0.0351. The summed E-state index contributed by atoms with van der Waals surface area (Å²) in [5, 5.41) is 0.582. The molecule has 1 heterocycles. The van der Waals surface area contributed by atoms with Gasteiger partial charge in [0.2, 0.25) is 5.91 Å². The Morgan fingerprint density at radius 3 is 2.79 bits per heavy atom. The number of rotatable bonds is 2. The van der Waals surface area contributed by atoms with Gasteiger partial charge < -0.3 is 4.90 Å². The Hall–Kier alpha value is -1.35. The molecule has 1 aromatic carbocycles. The highest BCUT2D eigenvalue weighted by Crippen LogP contribution is 2.37. The van der Waals surface area contributed by atoms with Crippen molar-refractivity contribution in [3.05, 3.63) is 34.3 Å². The van der Waals surface area contributed by atoms with Crippen LogP contribution in [0.25, 0.3) is 0 Å². The summed E-state index contributed by atoms with van der Waals surface area (Å²) in [6, 6.07) is 5.41. The number of halogens is 1. The number of hydrogen-bond acceptors (Lipinski definition) is 2. The van der Waals surface area contributed by atoms with E-state index >= 15 is 0 Å². The lowest BCUT2D eigenvalue weighted by atomic mass is 9.97. The fourth-order valence-corrected chi connectivity index (χ4v) is 3.23. The number of carbonyl (C=O) groups is 2. The van der Waals surface area contributed by atoms with Gasteiger partial charge in [-0.1, -0.05) is 17.7 Å². The lowest BCUT2D eigenvalue weighted by Crippen LogP contribution is -2.28. The normalized spacial score (nSPS) is 21.8. The Kier molecular flexibility index (Phi) is 3.31. The van der Waals surface area contributed by atoms with Crippen LogP contribution < -0.4 is 0 Å². The molecule has 19 heavy (non-hydrogen) atoms. The second kappa shape index (κ2) is 4.97. The van der Waals surface area contributed by atoms with Crippen LogP contribution in [0.4, 0.5) is 0 Å². The molecule has 3 nitrogen and oxygen atoms in total. The maximum Gasteiger partial charge on any atom is 0.223 e. The number of benzene rings is 1. The first-order valence-electron chi connectivity index (χ1n) is 6.75. The predicted octanol–water partition coefficient (Wildman–Crippen LogP) is 3.02. The predicted molar refractivity (Wildman–Crippen MR) is 73.6 cm³/mol. The lowest BCUT2D eigenvalue weighted by Gasteiger charge is -2.18. The van der Waals surface area contributed by atoms with Gasteiger partial charge in [0.1, 0.15) is 0 Å².